The maximum absolute atomic E-state index is 13.4. The van der Waals surface area contributed by atoms with Crippen molar-refractivity contribution >= 4 is 5.57 Å². The topological polar surface area (TPSA) is 17.8 Å². The highest BCUT2D eigenvalue weighted by atomic mass is 19.1. The molecule has 1 aromatic rings. The zero-order valence-corrected chi connectivity index (χ0v) is 10.6. The van der Waals surface area contributed by atoms with E-state index in [0.29, 0.717) is 5.57 Å². The first-order valence-corrected chi connectivity index (χ1v) is 5.30. The summed E-state index contributed by atoms with van der Waals surface area (Å²) < 4.78 is 15.1. The van der Waals surface area contributed by atoms with Gasteiger partial charge >= 0.3 is 0 Å². The van der Waals surface area contributed by atoms with Gasteiger partial charge in [0, 0.05) is 18.2 Å². The lowest BCUT2D eigenvalue weighted by Crippen LogP contribution is -2.13. The Morgan fingerprint density at radius 2 is 2.06 bits per heavy atom. The summed E-state index contributed by atoms with van der Waals surface area (Å²) in [4.78, 5) is 0. The first-order chi connectivity index (χ1) is 7.29. The molecule has 3 heteroatoms. The maximum Gasteiger partial charge on any atom is 0.106 e. The molecule has 1 rings (SSSR count). The summed E-state index contributed by atoms with van der Waals surface area (Å²) in [7, 11) is 1.82. The number of hydrogen-bond donors (Lipinski definition) is 0. The van der Waals surface area contributed by atoms with Crippen molar-refractivity contribution in [2.75, 3.05) is 0 Å². The molecule has 0 saturated carbocycles. The van der Waals surface area contributed by atoms with Crippen LogP contribution in [0.4, 0.5) is 4.39 Å². The second-order valence-electron chi connectivity index (χ2n) is 4.93. The van der Waals surface area contributed by atoms with Crippen LogP contribution in [0.2, 0.25) is 0 Å². The minimum atomic E-state index is -0.232. The van der Waals surface area contributed by atoms with Crippen LogP contribution in [0.3, 0.4) is 0 Å². The molecule has 0 aliphatic rings. The molecule has 0 saturated heterocycles. The predicted molar refractivity (Wildman–Crippen MR) is 65.8 cm³/mol. The average Bonchev–Trinajstić information content (AvgIpc) is 2.48. The van der Waals surface area contributed by atoms with Crippen LogP contribution >= 0.6 is 0 Å². The molecule has 0 unspecified atom stereocenters. The van der Waals surface area contributed by atoms with Crippen molar-refractivity contribution in [3.05, 3.63) is 35.9 Å². The molecule has 0 bridgehead atoms. The monoisotopic (exact) mass is 222 g/mol. The smallest absolute Gasteiger partial charge is 0.106 e. The molecule has 1 aromatic heterocycles. The number of allylic oxidation sites excluding steroid dienone is 3. The van der Waals surface area contributed by atoms with Crippen molar-refractivity contribution in [2.45, 2.75) is 33.1 Å². The van der Waals surface area contributed by atoms with E-state index in [-0.39, 0.29) is 11.2 Å². The molecule has 0 aliphatic carbocycles. The first-order valence-electron chi connectivity index (χ1n) is 5.30. The molecule has 0 spiro atoms. The second kappa shape index (κ2) is 4.24. The van der Waals surface area contributed by atoms with Gasteiger partial charge < -0.3 is 0 Å². The Balaban J connectivity index is 3.50. The van der Waals surface area contributed by atoms with Crippen molar-refractivity contribution in [3.63, 3.8) is 0 Å². The summed E-state index contributed by atoms with van der Waals surface area (Å²) in [5, 5.41) is 4.20. The molecular formula is C13H19FN2. The van der Waals surface area contributed by atoms with E-state index in [2.05, 4.69) is 32.4 Å². The Morgan fingerprint density at radius 3 is 2.44 bits per heavy atom. The highest BCUT2D eigenvalue weighted by Gasteiger charge is 2.23. The van der Waals surface area contributed by atoms with Crippen LogP contribution in [0, 0.1) is 0 Å². The van der Waals surface area contributed by atoms with Gasteiger partial charge in [-0.05, 0) is 12.3 Å². The van der Waals surface area contributed by atoms with Gasteiger partial charge in [-0.25, -0.2) is 4.39 Å². The van der Waals surface area contributed by atoms with Crippen LogP contribution in [0.1, 0.15) is 39.0 Å². The van der Waals surface area contributed by atoms with Gasteiger partial charge in [-0.2, -0.15) is 5.10 Å². The van der Waals surface area contributed by atoms with Crippen molar-refractivity contribution in [3.8, 4) is 0 Å². The highest BCUT2D eigenvalue weighted by molar-refractivity contribution is 5.75. The molecule has 2 nitrogen and oxygen atoms in total. The summed E-state index contributed by atoms with van der Waals surface area (Å²) in [6.45, 7) is 11.4. The Hall–Kier alpha value is -1.38. The molecule has 0 fully saturated rings. The fourth-order valence-corrected chi connectivity index (χ4v) is 1.71. The summed E-state index contributed by atoms with van der Waals surface area (Å²) in [5.74, 6) is -0.232. The van der Waals surface area contributed by atoms with E-state index < -0.39 is 0 Å². The number of rotatable bonds is 2. The summed E-state index contributed by atoms with van der Waals surface area (Å²) >= 11 is 0. The van der Waals surface area contributed by atoms with E-state index in [1.807, 2.05) is 7.05 Å². The zero-order chi connectivity index (χ0) is 12.5. The molecule has 0 radical (unpaired) electrons. The maximum atomic E-state index is 13.4. The highest BCUT2D eigenvalue weighted by Crippen LogP contribution is 2.31. The van der Waals surface area contributed by atoms with Crippen LogP contribution in [-0.4, -0.2) is 9.78 Å². The number of halogens is 1. The fourth-order valence-electron chi connectivity index (χ4n) is 1.71. The molecule has 16 heavy (non-hydrogen) atoms. The number of hydrogen-bond acceptors (Lipinski definition) is 1. The van der Waals surface area contributed by atoms with E-state index in [1.54, 1.807) is 17.0 Å². The van der Waals surface area contributed by atoms with Crippen LogP contribution in [0.25, 0.3) is 5.57 Å². The SMILES string of the molecule is C=C/C(=C(\C)F)c1c(C(C)(C)C)cnn1C. The molecule has 88 valence electrons. The van der Waals surface area contributed by atoms with Gasteiger partial charge in [0.05, 0.1) is 11.9 Å². The third kappa shape index (κ3) is 2.23. The lowest BCUT2D eigenvalue weighted by molar-refractivity contribution is 0.585. The molecule has 0 aliphatic heterocycles. The van der Waals surface area contributed by atoms with Crippen molar-refractivity contribution in [1.82, 2.24) is 9.78 Å². The quantitative estimate of drug-likeness (QED) is 0.699. The van der Waals surface area contributed by atoms with Crippen LogP contribution in [0.5, 0.6) is 0 Å². The van der Waals surface area contributed by atoms with E-state index >= 15 is 0 Å². The van der Waals surface area contributed by atoms with Crippen LogP contribution in [0.15, 0.2) is 24.7 Å². The second-order valence-corrected chi connectivity index (χ2v) is 4.93. The van der Waals surface area contributed by atoms with Gasteiger partial charge in [0.25, 0.3) is 0 Å². The van der Waals surface area contributed by atoms with Gasteiger partial charge in [-0.15, -0.1) is 0 Å². The molecule has 0 amide bonds. The Kier molecular flexibility index (Phi) is 3.36. The number of aromatic nitrogens is 2. The zero-order valence-electron chi connectivity index (χ0n) is 10.6. The predicted octanol–water partition coefficient (Wildman–Crippen LogP) is 3.60. The fraction of sp³-hybridized carbons (Fsp3) is 0.462. The normalized spacial score (nSPS) is 13.6. The van der Waals surface area contributed by atoms with Crippen molar-refractivity contribution in [1.29, 1.82) is 0 Å². The van der Waals surface area contributed by atoms with Gasteiger partial charge in [0.2, 0.25) is 0 Å². The van der Waals surface area contributed by atoms with Crippen molar-refractivity contribution < 1.29 is 4.39 Å². The van der Waals surface area contributed by atoms with Gasteiger partial charge in [-0.1, -0.05) is 33.4 Å². The Labute approximate surface area is 96.5 Å². The Bertz CT molecular complexity index is 429. The minimum Gasteiger partial charge on any atom is -0.268 e. The minimum absolute atomic E-state index is 0.0622. The van der Waals surface area contributed by atoms with Gasteiger partial charge in [0.1, 0.15) is 5.83 Å². The summed E-state index contributed by atoms with van der Waals surface area (Å²) in [5.41, 5.74) is 2.29. The van der Waals surface area contributed by atoms with Crippen molar-refractivity contribution in [2.24, 2.45) is 7.05 Å². The third-order valence-corrected chi connectivity index (χ3v) is 2.58. The Morgan fingerprint density at radius 1 is 1.50 bits per heavy atom. The van der Waals surface area contributed by atoms with Gasteiger partial charge in [0.15, 0.2) is 0 Å². The average molecular weight is 222 g/mol. The molecule has 0 aromatic carbocycles. The molecule has 1 heterocycles. The van der Waals surface area contributed by atoms with E-state index in [4.69, 9.17) is 0 Å². The van der Waals surface area contributed by atoms with Crippen LogP contribution in [-0.2, 0) is 12.5 Å². The first kappa shape index (κ1) is 12.7. The molecule has 0 atom stereocenters. The summed E-state index contributed by atoms with van der Waals surface area (Å²) in [6, 6.07) is 0. The van der Waals surface area contributed by atoms with Crippen LogP contribution < -0.4 is 0 Å². The lowest BCUT2D eigenvalue weighted by Gasteiger charge is -2.19. The third-order valence-electron chi connectivity index (χ3n) is 2.58. The van der Waals surface area contributed by atoms with Gasteiger partial charge in [-0.3, -0.25) is 4.68 Å². The standard InChI is InChI=1S/C13H19FN2/c1-7-10(9(2)14)12-11(13(3,4)5)8-15-16(12)6/h7-8H,1H2,2-6H3/b10-9-. The molecular weight excluding hydrogens is 203 g/mol. The number of nitrogens with zero attached hydrogens (tertiary/aromatic N) is 2. The lowest BCUT2D eigenvalue weighted by atomic mass is 9.85. The largest absolute Gasteiger partial charge is 0.268 e. The number of aryl methyl sites for hydroxylation is 1. The summed E-state index contributed by atoms with van der Waals surface area (Å²) in [6.07, 6.45) is 3.34. The van der Waals surface area contributed by atoms with E-state index in [9.17, 15) is 4.39 Å². The van der Waals surface area contributed by atoms with E-state index in [1.165, 1.54) is 6.92 Å². The molecule has 0 N–H and O–H groups in total. The van der Waals surface area contributed by atoms with E-state index in [0.717, 1.165) is 11.3 Å².